The maximum Gasteiger partial charge on any atom is 0.338 e. The van der Waals surface area contributed by atoms with Crippen molar-refractivity contribution in [3.8, 4) is 17.9 Å². The third kappa shape index (κ3) is 5.57. The maximum atomic E-state index is 12.3. The monoisotopic (exact) mass is 402 g/mol. The van der Waals surface area contributed by atoms with E-state index >= 15 is 0 Å². The van der Waals surface area contributed by atoms with Crippen LogP contribution < -0.4 is 4.74 Å². The molecular weight excluding hydrogens is 384 g/mol. The Hall–Kier alpha value is -4.36. The summed E-state index contributed by atoms with van der Waals surface area (Å²) in [4.78, 5) is 24.1. The summed E-state index contributed by atoms with van der Waals surface area (Å²) in [6.45, 7) is 0.300. The number of carbonyl (C=O) groups is 2. The summed E-state index contributed by atoms with van der Waals surface area (Å²) < 4.78 is 15.1. The number of hydrogen-bond acceptors (Lipinski definition) is 7. The fourth-order valence-electron chi connectivity index (χ4n) is 2.57. The van der Waals surface area contributed by atoms with Gasteiger partial charge < -0.3 is 14.2 Å². The number of methoxy groups -OCH3 is 2. The number of rotatable bonds is 7. The van der Waals surface area contributed by atoms with E-state index in [1.165, 1.54) is 0 Å². The fourth-order valence-corrected chi connectivity index (χ4v) is 2.57. The Kier molecular flexibility index (Phi) is 7.93. The molecule has 7 nitrogen and oxygen atoms in total. The van der Waals surface area contributed by atoms with Crippen LogP contribution in [0, 0.1) is 22.7 Å². The van der Waals surface area contributed by atoms with Crippen LogP contribution in [0.4, 0.5) is 0 Å². The number of hydrogen-bond donors (Lipinski definition) is 0. The third-order valence-electron chi connectivity index (χ3n) is 3.98. The van der Waals surface area contributed by atoms with Crippen LogP contribution in [0.3, 0.4) is 0 Å². The lowest BCUT2D eigenvalue weighted by atomic mass is 9.93. The quantitative estimate of drug-likeness (QED) is 0.302. The molecule has 0 amide bonds. The van der Waals surface area contributed by atoms with Gasteiger partial charge in [-0.2, -0.15) is 10.5 Å². The predicted octanol–water partition coefficient (Wildman–Crippen LogP) is 3.34. The van der Waals surface area contributed by atoms with Gasteiger partial charge in [0, 0.05) is 11.6 Å². The summed E-state index contributed by atoms with van der Waals surface area (Å²) in [6.07, 6.45) is 0.882. The highest BCUT2D eigenvalue weighted by Crippen LogP contribution is 2.30. The number of esters is 2. The number of benzene rings is 2. The van der Waals surface area contributed by atoms with Gasteiger partial charge in [0.05, 0.1) is 19.8 Å². The van der Waals surface area contributed by atoms with Gasteiger partial charge in [-0.1, -0.05) is 42.5 Å². The fraction of sp³-hybridized carbons (Fsp3) is 0.130. The molecule has 0 fully saturated rings. The van der Waals surface area contributed by atoms with Crippen LogP contribution >= 0.6 is 0 Å². The van der Waals surface area contributed by atoms with Gasteiger partial charge in [0.1, 0.15) is 30.1 Å². The predicted molar refractivity (Wildman–Crippen MR) is 107 cm³/mol. The lowest BCUT2D eigenvalue weighted by Crippen LogP contribution is -2.11. The second-order valence-corrected chi connectivity index (χ2v) is 5.85. The molecule has 30 heavy (non-hydrogen) atoms. The zero-order chi connectivity index (χ0) is 21.9. The Balaban J connectivity index is 2.53. The van der Waals surface area contributed by atoms with Crippen LogP contribution in [-0.4, -0.2) is 26.2 Å². The lowest BCUT2D eigenvalue weighted by Gasteiger charge is -2.13. The SMILES string of the molecule is COC(=O)/C=C(/C(=O)OC)C(=C(C#N)C#N)c1cccc(OCc2ccccc2)c1. The third-order valence-corrected chi connectivity index (χ3v) is 3.98. The van der Waals surface area contributed by atoms with Gasteiger partial charge >= 0.3 is 11.9 Å². The molecule has 0 unspecified atom stereocenters. The molecule has 2 aromatic rings. The van der Waals surface area contributed by atoms with Gasteiger partial charge in [-0.15, -0.1) is 0 Å². The summed E-state index contributed by atoms with van der Waals surface area (Å²) in [6, 6.07) is 19.5. The van der Waals surface area contributed by atoms with E-state index in [9.17, 15) is 20.1 Å². The van der Waals surface area contributed by atoms with Crippen LogP contribution in [-0.2, 0) is 25.7 Å². The molecular formula is C23H18N2O5. The highest BCUT2D eigenvalue weighted by molar-refractivity contribution is 6.12. The van der Waals surface area contributed by atoms with E-state index in [4.69, 9.17) is 9.47 Å². The maximum absolute atomic E-state index is 12.3. The molecule has 7 heteroatoms. The minimum atomic E-state index is -0.894. The van der Waals surface area contributed by atoms with Crippen molar-refractivity contribution in [1.29, 1.82) is 10.5 Å². The van der Waals surface area contributed by atoms with E-state index in [0.29, 0.717) is 17.9 Å². The van der Waals surface area contributed by atoms with Gasteiger partial charge in [0.2, 0.25) is 0 Å². The molecule has 2 rings (SSSR count). The topological polar surface area (TPSA) is 109 Å². The minimum Gasteiger partial charge on any atom is -0.489 e. The summed E-state index contributed by atoms with van der Waals surface area (Å²) in [5.74, 6) is -1.28. The number of nitriles is 2. The molecule has 0 saturated heterocycles. The highest BCUT2D eigenvalue weighted by atomic mass is 16.5. The van der Waals surface area contributed by atoms with Crippen LogP contribution in [0.2, 0.25) is 0 Å². The highest BCUT2D eigenvalue weighted by Gasteiger charge is 2.23. The Morgan fingerprint density at radius 1 is 0.967 bits per heavy atom. The second-order valence-electron chi connectivity index (χ2n) is 5.85. The molecule has 0 atom stereocenters. The van der Waals surface area contributed by atoms with Gasteiger partial charge in [-0.25, -0.2) is 9.59 Å². The Morgan fingerprint density at radius 2 is 1.67 bits per heavy atom. The average molecular weight is 402 g/mol. The van der Waals surface area contributed by atoms with E-state index in [1.807, 2.05) is 30.3 Å². The van der Waals surface area contributed by atoms with Crippen molar-refractivity contribution >= 4 is 17.5 Å². The first-order valence-corrected chi connectivity index (χ1v) is 8.74. The molecule has 0 spiro atoms. The first-order valence-electron chi connectivity index (χ1n) is 8.74. The van der Waals surface area contributed by atoms with Crippen molar-refractivity contribution in [2.45, 2.75) is 6.61 Å². The lowest BCUT2D eigenvalue weighted by molar-refractivity contribution is -0.138. The number of nitrogens with zero attached hydrogens (tertiary/aromatic N) is 2. The number of carbonyl (C=O) groups excluding carboxylic acids is 2. The van der Waals surface area contributed by atoms with E-state index < -0.39 is 11.9 Å². The molecule has 0 bridgehead atoms. The molecule has 0 aromatic heterocycles. The number of allylic oxidation sites excluding steroid dienone is 1. The summed E-state index contributed by atoms with van der Waals surface area (Å²) in [5, 5.41) is 18.8. The van der Waals surface area contributed by atoms with Crippen molar-refractivity contribution in [2.24, 2.45) is 0 Å². The van der Waals surface area contributed by atoms with Crippen molar-refractivity contribution in [3.63, 3.8) is 0 Å². The normalized spacial score (nSPS) is 10.2. The van der Waals surface area contributed by atoms with Crippen LogP contribution in [0.1, 0.15) is 11.1 Å². The van der Waals surface area contributed by atoms with Crippen LogP contribution in [0.5, 0.6) is 5.75 Å². The molecule has 0 radical (unpaired) electrons. The van der Waals surface area contributed by atoms with Gasteiger partial charge in [-0.3, -0.25) is 0 Å². The molecule has 2 aromatic carbocycles. The summed E-state index contributed by atoms with van der Waals surface area (Å²) in [5.41, 5.74) is 0.592. The molecule has 0 aliphatic heterocycles. The van der Waals surface area contributed by atoms with Gasteiger partial charge in [0.15, 0.2) is 0 Å². The first-order chi connectivity index (χ1) is 14.5. The first kappa shape index (κ1) is 21.9. The molecule has 0 saturated carbocycles. The standard InChI is InChI=1S/C23H18N2O5/c1-28-21(26)12-20(23(27)29-2)22(18(13-24)14-25)17-9-6-10-19(11-17)30-15-16-7-4-3-5-8-16/h3-12H,15H2,1-2H3/b20-12+. The average Bonchev–Trinajstić information content (AvgIpc) is 2.80. The summed E-state index contributed by atoms with van der Waals surface area (Å²) >= 11 is 0. The van der Waals surface area contributed by atoms with E-state index in [2.05, 4.69) is 4.74 Å². The molecule has 0 heterocycles. The zero-order valence-corrected chi connectivity index (χ0v) is 16.4. The van der Waals surface area contributed by atoms with Gasteiger partial charge in [-0.05, 0) is 23.3 Å². The van der Waals surface area contributed by atoms with Crippen molar-refractivity contribution < 1.29 is 23.8 Å². The molecule has 0 N–H and O–H groups in total. The number of ether oxygens (including phenoxy) is 3. The van der Waals surface area contributed by atoms with Crippen LogP contribution in [0.15, 0.2) is 71.8 Å². The Morgan fingerprint density at radius 3 is 2.27 bits per heavy atom. The van der Waals surface area contributed by atoms with E-state index in [1.54, 1.807) is 36.4 Å². The van der Waals surface area contributed by atoms with E-state index in [-0.39, 0.29) is 16.7 Å². The van der Waals surface area contributed by atoms with Crippen molar-refractivity contribution in [3.05, 3.63) is 82.9 Å². The van der Waals surface area contributed by atoms with Gasteiger partial charge in [0.25, 0.3) is 0 Å². The van der Waals surface area contributed by atoms with Crippen LogP contribution in [0.25, 0.3) is 5.57 Å². The van der Waals surface area contributed by atoms with E-state index in [0.717, 1.165) is 25.9 Å². The zero-order valence-electron chi connectivity index (χ0n) is 16.4. The Labute approximate surface area is 174 Å². The molecule has 0 aliphatic rings. The molecule has 150 valence electrons. The minimum absolute atomic E-state index is 0.0533. The van der Waals surface area contributed by atoms with Crippen molar-refractivity contribution in [2.75, 3.05) is 14.2 Å². The Bertz CT molecular complexity index is 1060. The van der Waals surface area contributed by atoms with Crippen molar-refractivity contribution in [1.82, 2.24) is 0 Å². The second kappa shape index (κ2) is 10.8. The smallest absolute Gasteiger partial charge is 0.338 e. The molecule has 0 aliphatic carbocycles. The largest absolute Gasteiger partial charge is 0.489 e. The summed E-state index contributed by atoms with van der Waals surface area (Å²) in [7, 11) is 2.27.